The van der Waals surface area contributed by atoms with Crippen LogP contribution in [-0.2, 0) is 5.41 Å². The summed E-state index contributed by atoms with van der Waals surface area (Å²) in [5.41, 5.74) is 1.67. The van der Waals surface area contributed by atoms with Gasteiger partial charge in [0.2, 0.25) is 0 Å². The van der Waals surface area contributed by atoms with Crippen LogP contribution in [0.2, 0.25) is 0 Å². The number of nitro benzene ring substituents is 1. The topological polar surface area (TPSA) is 52.4 Å². The minimum Gasteiger partial charge on any atom is -0.457 e. The van der Waals surface area contributed by atoms with Crippen molar-refractivity contribution in [3.63, 3.8) is 0 Å². The summed E-state index contributed by atoms with van der Waals surface area (Å²) < 4.78 is 5.90. The Bertz CT molecular complexity index is 734. The maximum atomic E-state index is 10.7. The van der Waals surface area contributed by atoms with Gasteiger partial charge in [-0.3, -0.25) is 10.1 Å². The van der Waals surface area contributed by atoms with Crippen LogP contribution in [0.1, 0.15) is 31.9 Å². The number of rotatable bonds is 3. The minimum absolute atomic E-state index is 0.0285. The number of terminal acetylenes is 1. The molecule has 0 atom stereocenters. The molecule has 2 rings (SSSR count). The third-order valence-corrected chi connectivity index (χ3v) is 3.23. The summed E-state index contributed by atoms with van der Waals surface area (Å²) in [5.74, 6) is 3.78. The zero-order valence-electron chi connectivity index (χ0n) is 12.8. The third kappa shape index (κ3) is 3.44. The summed E-state index contributed by atoms with van der Waals surface area (Å²) in [6.07, 6.45) is 5.44. The molecule has 0 aliphatic carbocycles. The smallest absolute Gasteiger partial charge is 0.269 e. The summed E-state index contributed by atoms with van der Waals surface area (Å²) in [5, 5.41) is 10.7. The molecule has 0 aliphatic heterocycles. The molecule has 0 bridgehead atoms. The van der Waals surface area contributed by atoms with Gasteiger partial charge in [0.25, 0.3) is 5.69 Å². The van der Waals surface area contributed by atoms with E-state index < -0.39 is 4.92 Å². The molecule has 0 saturated heterocycles. The molecule has 0 fully saturated rings. The summed E-state index contributed by atoms with van der Waals surface area (Å²) in [4.78, 5) is 10.2. The molecular weight excluding hydrogens is 278 g/mol. The fourth-order valence-electron chi connectivity index (χ4n) is 2.08. The highest BCUT2D eigenvalue weighted by Gasteiger charge is 2.20. The molecule has 2 aromatic carbocycles. The van der Waals surface area contributed by atoms with Crippen LogP contribution in [0.3, 0.4) is 0 Å². The fourth-order valence-corrected chi connectivity index (χ4v) is 2.08. The van der Waals surface area contributed by atoms with E-state index in [1.165, 1.54) is 12.1 Å². The van der Waals surface area contributed by atoms with Gasteiger partial charge < -0.3 is 4.74 Å². The third-order valence-electron chi connectivity index (χ3n) is 3.23. The Kier molecular flexibility index (Phi) is 4.18. The van der Waals surface area contributed by atoms with E-state index in [2.05, 4.69) is 26.7 Å². The second-order valence-corrected chi connectivity index (χ2v) is 5.96. The van der Waals surface area contributed by atoms with Crippen LogP contribution in [0.25, 0.3) is 0 Å². The van der Waals surface area contributed by atoms with Crippen molar-refractivity contribution in [1.29, 1.82) is 0 Å². The van der Waals surface area contributed by atoms with Gasteiger partial charge in [-0.1, -0.05) is 32.8 Å². The Morgan fingerprint density at radius 1 is 1.14 bits per heavy atom. The number of benzene rings is 2. The summed E-state index contributed by atoms with van der Waals surface area (Å²) in [6, 6.07) is 11.6. The molecule has 4 heteroatoms. The van der Waals surface area contributed by atoms with Gasteiger partial charge in [0.1, 0.15) is 11.5 Å². The van der Waals surface area contributed by atoms with Crippen LogP contribution in [0.5, 0.6) is 11.5 Å². The summed E-state index contributed by atoms with van der Waals surface area (Å²) >= 11 is 0. The summed E-state index contributed by atoms with van der Waals surface area (Å²) in [6.45, 7) is 6.25. The Labute approximate surface area is 129 Å². The van der Waals surface area contributed by atoms with E-state index in [4.69, 9.17) is 11.2 Å². The van der Waals surface area contributed by atoms with Crippen LogP contribution in [0.15, 0.2) is 42.5 Å². The Hall–Kier alpha value is -2.80. The first-order valence-corrected chi connectivity index (χ1v) is 6.85. The zero-order chi connectivity index (χ0) is 16.3. The van der Waals surface area contributed by atoms with E-state index in [0.29, 0.717) is 11.5 Å². The van der Waals surface area contributed by atoms with Crippen molar-refractivity contribution >= 4 is 5.69 Å². The van der Waals surface area contributed by atoms with E-state index in [1.807, 2.05) is 18.2 Å². The monoisotopic (exact) mass is 295 g/mol. The van der Waals surface area contributed by atoms with Crippen molar-refractivity contribution in [2.45, 2.75) is 26.2 Å². The molecule has 0 aromatic heterocycles. The Morgan fingerprint density at radius 2 is 1.77 bits per heavy atom. The highest BCUT2D eigenvalue weighted by molar-refractivity contribution is 5.49. The number of ether oxygens (including phenoxy) is 1. The largest absolute Gasteiger partial charge is 0.457 e. The molecule has 0 amide bonds. The molecule has 0 heterocycles. The van der Waals surface area contributed by atoms with E-state index in [-0.39, 0.29) is 11.1 Å². The number of hydrogen-bond donors (Lipinski definition) is 0. The van der Waals surface area contributed by atoms with Gasteiger partial charge in [0, 0.05) is 23.3 Å². The van der Waals surface area contributed by atoms with Crippen molar-refractivity contribution in [1.82, 2.24) is 0 Å². The molecule has 0 unspecified atom stereocenters. The number of non-ortho nitro benzene ring substituents is 1. The standard InChI is InChI=1S/C18H17NO3/c1-5-13-6-11-16(18(2,3)4)17(12-13)22-15-9-7-14(8-10-15)19(20)21/h1,6-12H,2-4H3. The van der Waals surface area contributed by atoms with Crippen molar-refractivity contribution in [2.75, 3.05) is 0 Å². The normalized spacial score (nSPS) is 10.8. The van der Waals surface area contributed by atoms with Crippen LogP contribution in [0.4, 0.5) is 5.69 Å². The van der Waals surface area contributed by atoms with Crippen molar-refractivity contribution in [2.24, 2.45) is 0 Å². The van der Waals surface area contributed by atoms with Crippen molar-refractivity contribution in [3.8, 4) is 23.8 Å². The fraction of sp³-hybridized carbons (Fsp3) is 0.222. The van der Waals surface area contributed by atoms with Gasteiger partial charge in [0.15, 0.2) is 0 Å². The van der Waals surface area contributed by atoms with E-state index in [0.717, 1.165) is 11.1 Å². The predicted molar refractivity (Wildman–Crippen MR) is 86.2 cm³/mol. The van der Waals surface area contributed by atoms with E-state index >= 15 is 0 Å². The molecule has 4 nitrogen and oxygen atoms in total. The van der Waals surface area contributed by atoms with Crippen LogP contribution >= 0.6 is 0 Å². The number of nitro groups is 1. The first-order chi connectivity index (χ1) is 10.3. The molecule has 0 saturated carbocycles. The molecule has 2 aromatic rings. The van der Waals surface area contributed by atoms with Gasteiger partial charge >= 0.3 is 0 Å². The lowest BCUT2D eigenvalue weighted by atomic mass is 9.86. The van der Waals surface area contributed by atoms with E-state index in [1.54, 1.807) is 12.1 Å². The average molecular weight is 295 g/mol. The SMILES string of the molecule is C#Cc1ccc(C(C)(C)C)c(Oc2ccc([N+](=O)[O-])cc2)c1. The van der Waals surface area contributed by atoms with E-state index in [9.17, 15) is 10.1 Å². The first-order valence-electron chi connectivity index (χ1n) is 6.85. The second-order valence-electron chi connectivity index (χ2n) is 5.96. The predicted octanol–water partition coefficient (Wildman–Crippen LogP) is 4.67. The summed E-state index contributed by atoms with van der Waals surface area (Å²) in [7, 11) is 0. The minimum atomic E-state index is -0.441. The van der Waals surface area contributed by atoms with Gasteiger partial charge in [-0.05, 0) is 29.7 Å². The molecule has 0 aliphatic rings. The van der Waals surface area contributed by atoms with Gasteiger partial charge in [0.05, 0.1) is 4.92 Å². The maximum absolute atomic E-state index is 10.7. The van der Waals surface area contributed by atoms with Crippen LogP contribution in [-0.4, -0.2) is 4.92 Å². The lowest BCUT2D eigenvalue weighted by molar-refractivity contribution is -0.384. The highest BCUT2D eigenvalue weighted by Crippen LogP contribution is 2.35. The number of hydrogen-bond acceptors (Lipinski definition) is 3. The van der Waals surface area contributed by atoms with Gasteiger partial charge in [-0.15, -0.1) is 6.42 Å². The first kappa shape index (κ1) is 15.6. The lowest BCUT2D eigenvalue weighted by Gasteiger charge is -2.23. The molecular formula is C18H17NO3. The van der Waals surface area contributed by atoms with Gasteiger partial charge in [-0.2, -0.15) is 0 Å². The van der Waals surface area contributed by atoms with Crippen LogP contribution in [0, 0.1) is 22.5 Å². The second kappa shape index (κ2) is 5.90. The Balaban J connectivity index is 2.39. The van der Waals surface area contributed by atoms with Crippen LogP contribution < -0.4 is 4.74 Å². The molecule has 0 radical (unpaired) electrons. The molecule has 0 spiro atoms. The molecule has 22 heavy (non-hydrogen) atoms. The Morgan fingerprint density at radius 3 is 2.27 bits per heavy atom. The quantitative estimate of drug-likeness (QED) is 0.470. The highest BCUT2D eigenvalue weighted by atomic mass is 16.6. The maximum Gasteiger partial charge on any atom is 0.269 e. The number of nitrogens with zero attached hydrogens (tertiary/aromatic N) is 1. The lowest BCUT2D eigenvalue weighted by Crippen LogP contribution is -2.12. The van der Waals surface area contributed by atoms with Crippen molar-refractivity contribution in [3.05, 3.63) is 63.7 Å². The molecule has 0 N–H and O–H groups in total. The van der Waals surface area contributed by atoms with Gasteiger partial charge in [-0.25, -0.2) is 0 Å². The molecule has 112 valence electrons. The zero-order valence-corrected chi connectivity index (χ0v) is 12.8. The average Bonchev–Trinajstić information content (AvgIpc) is 2.46. The van der Waals surface area contributed by atoms with Crippen molar-refractivity contribution < 1.29 is 9.66 Å².